The van der Waals surface area contributed by atoms with Gasteiger partial charge in [-0.25, -0.2) is 0 Å². The third-order valence-electron chi connectivity index (χ3n) is 2.81. The molecule has 15 heavy (non-hydrogen) atoms. The van der Waals surface area contributed by atoms with Crippen LogP contribution in [0.25, 0.3) is 0 Å². The summed E-state index contributed by atoms with van der Waals surface area (Å²) in [5, 5.41) is 20.5. The van der Waals surface area contributed by atoms with Crippen LogP contribution in [0.4, 0.5) is 0 Å². The summed E-state index contributed by atoms with van der Waals surface area (Å²) in [6.07, 6.45) is -0.137. The molecule has 0 aromatic heterocycles. The minimum atomic E-state index is -0.995. The zero-order valence-corrected chi connectivity index (χ0v) is 8.56. The first-order valence-electron chi connectivity index (χ1n) is 4.77. The number of carboxylic acids is 2. The Bertz CT molecular complexity index is 278. The molecule has 5 nitrogen and oxygen atoms in total. The number of nitrogens with one attached hydrogen (secondary N) is 1. The number of hydrogen-bond donors (Lipinski definition) is 3. The molecule has 1 heterocycles. The van der Waals surface area contributed by atoms with Crippen LogP contribution in [0.1, 0.15) is 13.3 Å². The molecule has 3 N–H and O–H groups in total. The molecule has 0 amide bonds. The molecule has 0 bridgehead atoms. The summed E-state index contributed by atoms with van der Waals surface area (Å²) in [7, 11) is 0. The fourth-order valence-corrected chi connectivity index (χ4v) is 2.06. The van der Waals surface area contributed by atoms with Crippen molar-refractivity contribution in [3.05, 3.63) is 12.2 Å². The predicted octanol–water partition coefficient (Wildman–Crippen LogP) is 0.326. The SMILES string of the molecule is C=C(C)C1CN[C@H](C(=O)O)C1CC(=O)O. The van der Waals surface area contributed by atoms with Gasteiger partial charge in [0.1, 0.15) is 6.04 Å². The standard InChI is InChI=1S/C10H15NO4/c1-5(2)7-4-11-9(10(14)15)6(7)3-8(12)13/h6-7,9,11H,1,3-4H2,2H3,(H,12,13)(H,14,15)/t6?,7?,9-/m0/s1. The van der Waals surface area contributed by atoms with E-state index in [1.54, 1.807) is 6.92 Å². The molecule has 0 spiro atoms. The van der Waals surface area contributed by atoms with E-state index in [-0.39, 0.29) is 12.3 Å². The van der Waals surface area contributed by atoms with Crippen molar-refractivity contribution in [2.75, 3.05) is 6.54 Å². The van der Waals surface area contributed by atoms with Gasteiger partial charge in [0.25, 0.3) is 0 Å². The van der Waals surface area contributed by atoms with Crippen LogP contribution in [-0.4, -0.2) is 34.7 Å². The smallest absolute Gasteiger partial charge is 0.321 e. The predicted molar refractivity (Wildman–Crippen MR) is 53.5 cm³/mol. The van der Waals surface area contributed by atoms with E-state index in [0.717, 1.165) is 5.57 Å². The Labute approximate surface area is 87.8 Å². The average molecular weight is 213 g/mol. The highest BCUT2D eigenvalue weighted by molar-refractivity contribution is 5.76. The first kappa shape index (κ1) is 11.7. The lowest BCUT2D eigenvalue weighted by molar-refractivity contribution is -0.142. The van der Waals surface area contributed by atoms with Crippen molar-refractivity contribution < 1.29 is 19.8 Å². The van der Waals surface area contributed by atoms with Gasteiger partial charge in [-0.15, -0.1) is 0 Å². The summed E-state index contributed by atoms with van der Waals surface area (Å²) in [5.74, 6) is -2.44. The van der Waals surface area contributed by atoms with Crippen LogP contribution in [0.15, 0.2) is 12.2 Å². The van der Waals surface area contributed by atoms with E-state index < -0.39 is 23.9 Å². The Morgan fingerprint density at radius 2 is 2.07 bits per heavy atom. The maximum Gasteiger partial charge on any atom is 0.321 e. The van der Waals surface area contributed by atoms with Gasteiger partial charge in [-0.05, 0) is 12.8 Å². The third-order valence-corrected chi connectivity index (χ3v) is 2.81. The molecule has 0 aliphatic carbocycles. The first-order valence-corrected chi connectivity index (χ1v) is 4.77. The molecular weight excluding hydrogens is 198 g/mol. The second-order valence-electron chi connectivity index (χ2n) is 3.94. The Balaban J connectivity index is 2.82. The van der Waals surface area contributed by atoms with Gasteiger partial charge in [-0.3, -0.25) is 9.59 Å². The molecule has 0 aromatic carbocycles. The summed E-state index contributed by atoms with van der Waals surface area (Å²) >= 11 is 0. The minimum Gasteiger partial charge on any atom is -0.481 e. The van der Waals surface area contributed by atoms with E-state index in [1.807, 2.05) is 0 Å². The van der Waals surface area contributed by atoms with Crippen molar-refractivity contribution in [3.8, 4) is 0 Å². The van der Waals surface area contributed by atoms with Crippen LogP contribution >= 0.6 is 0 Å². The maximum absolute atomic E-state index is 10.9. The monoisotopic (exact) mass is 213 g/mol. The highest BCUT2D eigenvalue weighted by Gasteiger charge is 2.41. The highest BCUT2D eigenvalue weighted by atomic mass is 16.4. The average Bonchev–Trinajstić information content (AvgIpc) is 2.46. The molecule has 1 rings (SSSR count). The van der Waals surface area contributed by atoms with E-state index in [4.69, 9.17) is 10.2 Å². The van der Waals surface area contributed by atoms with Crippen molar-refractivity contribution in [3.63, 3.8) is 0 Å². The van der Waals surface area contributed by atoms with E-state index >= 15 is 0 Å². The van der Waals surface area contributed by atoms with E-state index in [1.165, 1.54) is 0 Å². The van der Waals surface area contributed by atoms with Gasteiger partial charge < -0.3 is 15.5 Å². The quantitative estimate of drug-likeness (QED) is 0.586. The summed E-state index contributed by atoms with van der Waals surface area (Å²) in [5.41, 5.74) is 0.831. The van der Waals surface area contributed by atoms with Crippen LogP contribution in [0.2, 0.25) is 0 Å². The van der Waals surface area contributed by atoms with Gasteiger partial charge >= 0.3 is 11.9 Å². The Kier molecular flexibility index (Phi) is 3.47. The molecule has 0 radical (unpaired) electrons. The van der Waals surface area contributed by atoms with Gasteiger partial charge in [0.05, 0.1) is 6.42 Å². The number of hydrogen-bond acceptors (Lipinski definition) is 3. The van der Waals surface area contributed by atoms with E-state index in [2.05, 4.69) is 11.9 Å². The molecule has 0 saturated carbocycles. The first-order chi connectivity index (χ1) is 6.93. The lowest BCUT2D eigenvalue weighted by Crippen LogP contribution is -2.36. The largest absolute Gasteiger partial charge is 0.481 e. The Morgan fingerprint density at radius 1 is 1.47 bits per heavy atom. The second-order valence-corrected chi connectivity index (χ2v) is 3.94. The molecular formula is C10H15NO4. The van der Waals surface area contributed by atoms with Crippen LogP contribution in [0.5, 0.6) is 0 Å². The van der Waals surface area contributed by atoms with Crippen molar-refractivity contribution in [2.45, 2.75) is 19.4 Å². The Morgan fingerprint density at radius 3 is 2.47 bits per heavy atom. The summed E-state index contributed by atoms with van der Waals surface area (Å²) in [4.78, 5) is 21.5. The van der Waals surface area contributed by atoms with E-state index in [0.29, 0.717) is 6.54 Å². The minimum absolute atomic E-state index is 0.0674. The van der Waals surface area contributed by atoms with Crippen LogP contribution < -0.4 is 5.32 Å². The molecule has 1 saturated heterocycles. The van der Waals surface area contributed by atoms with Gasteiger partial charge in [0.15, 0.2) is 0 Å². The van der Waals surface area contributed by atoms with Crippen molar-refractivity contribution >= 4 is 11.9 Å². The summed E-state index contributed by atoms with van der Waals surface area (Å²) in [6, 6.07) is -0.775. The highest BCUT2D eigenvalue weighted by Crippen LogP contribution is 2.30. The van der Waals surface area contributed by atoms with E-state index in [9.17, 15) is 9.59 Å². The number of rotatable bonds is 4. The molecule has 1 aliphatic rings. The van der Waals surface area contributed by atoms with Gasteiger partial charge in [-0.1, -0.05) is 12.2 Å². The van der Waals surface area contributed by atoms with Gasteiger partial charge in [0, 0.05) is 12.5 Å². The van der Waals surface area contributed by atoms with Crippen molar-refractivity contribution in [1.82, 2.24) is 5.32 Å². The number of carboxylic acid groups (broad SMARTS) is 2. The number of aliphatic carboxylic acids is 2. The fraction of sp³-hybridized carbons (Fsp3) is 0.600. The molecule has 84 valence electrons. The molecule has 0 aromatic rings. The summed E-state index contributed by atoms with van der Waals surface area (Å²) < 4.78 is 0. The zero-order valence-electron chi connectivity index (χ0n) is 8.56. The Hall–Kier alpha value is -1.36. The molecule has 1 fully saturated rings. The zero-order chi connectivity index (χ0) is 11.6. The topological polar surface area (TPSA) is 86.6 Å². The third kappa shape index (κ3) is 2.56. The van der Waals surface area contributed by atoms with Gasteiger partial charge in [0.2, 0.25) is 0 Å². The lowest BCUT2D eigenvalue weighted by Gasteiger charge is -2.19. The second kappa shape index (κ2) is 4.44. The molecule has 1 aliphatic heterocycles. The lowest BCUT2D eigenvalue weighted by atomic mass is 9.84. The van der Waals surface area contributed by atoms with Crippen LogP contribution in [0.3, 0.4) is 0 Å². The van der Waals surface area contributed by atoms with Crippen LogP contribution in [0, 0.1) is 11.8 Å². The fourth-order valence-electron chi connectivity index (χ4n) is 2.06. The summed E-state index contributed by atoms with van der Waals surface area (Å²) in [6.45, 7) is 6.05. The van der Waals surface area contributed by atoms with Crippen LogP contribution in [-0.2, 0) is 9.59 Å². The maximum atomic E-state index is 10.9. The van der Waals surface area contributed by atoms with Gasteiger partial charge in [-0.2, -0.15) is 0 Å². The number of carbonyl (C=O) groups is 2. The van der Waals surface area contributed by atoms with Crippen molar-refractivity contribution in [1.29, 1.82) is 0 Å². The van der Waals surface area contributed by atoms with Crippen molar-refractivity contribution in [2.24, 2.45) is 11.8 Å². The molecule has 3 atom stereocenters. The normalized spacial score (nSPS) is 30.1. The molecule has 2 unspecified atom stereocenters. The molecule has 5 heteroatoms.